The van der Waals surface area contributed by atoms with E-state index in [9.17, 15) is 22.0 Å². The SMILES string of the molecule is Cc1cc(C)n(CCCNC(=S)Nc2c(C)nn(Cc3c(F)c(F)c(F)c(F)c3F)c2C)n1. The van der Waals surface area contributed by atoms with Gasteiger partial charge in [-0.15, -0.1) is 0 Å². The van der Waals surface area contributed by atoms with E-state index in [0.29, 0.717) is 35.3 Å². The van der Waals surface area contributed by atoms with E-state index in [4.69, 9.17) is 12.2 Å². The van der Waals surface area contributed by atoms with Crippen molar-refractivity contribution in [2.75, 3.05) is 11.9 Å². The molecule has 0 radical (unpaired) electrons. The molecule has 3 rings (SSSR count). The molecule has 2 aromatic heterocycles. The lowest BCUT2D eigenvalue weighted by Crippen LogP contribution is -2.30. The molecule has 0 bridgehead atoms. The van der Waals surface area contributed by atoms with Crippen molar-refractivity contribution in [2.45, 2.75) is 47.2 Å². The number of rotatable bonds is 7. The minimum atomic E-state index is -2.20. The highest BCUT2D eigenvalue weighted by Gasteiger charge is 2.26. The van der Waals surface area contributed by atoms with Gasteiger partial charge in [-0.1, -0.05) is 0 Å². The molecule has 0 fully saturated rings. The first-order valence-corrected chi connectivity index (χ1v) is 10.5. The summed E-state index contributed by atoms with van der Waals surface area (Å²) in [4.78, 5) is 0. The van der Waals surface area contributed by atoms with Crippen LogP contribution in [0.4, 0.5) is 27.6 Å². The molecule has 0 spiro atoms. The average molecular weight is 487 g/mol. The lowest BCUT2D eigenvalue weighted by Gasteiger charge is -2.12. The number of nitrogens with one attached hydrogen (secondary N) is 2. The Bertz CT molecular complexity index is 1170. The molecule has 0 atom stereocenters. The van der Waals surface area contributed by atoms with Crippen LogP contribution in [0, 0.1) is 56.8 Å². The van der Waals surface area contributed by atoms with Gasteiger partial charge in [-0.05, 0) is 52.4 Å². The molecule has 1 aromatic carbocycles. The molecule has 0 aliphatic heterocycles. The van der Waals surface area contributed by atoms with E-state index in [-0.39, 0.29) is 0 Å². The van der Waals surface area contributed by atoms with Crippen LogP contribution >= 0.6 is 12.2 Å². The van der Waals surface area contributed by atoms with Crippen LogP contribution in [0.2, 0.25) is 0 Å². The van der Waals surface area contributed by atoms with Crippen LogP contribution in [0.15, 0.2) is 6.07 Å². The quantitative estimate of drug-likeness (QED) is 0.170. The Hall–Kier alpha value is -3.02. The first-order chi connectivity index (χ1) is 15.5. The minimum absolute atomic E-state index is 0.311. The van der Waals surface area contributed by atoms with Crippen molar-refractivity contribution in [1.82, 2.24) is 24.9 Å². The number of anilines is 1. The van der Waals surface area contributed by atoms with Gasteiger partial charge in [0.05, 0.1) is 34.9 Å². The second-order valence-electron chi connectivity index (χ2n) is 7.64. The van der Waals surface area contributed by atoms with Gasteiger partial charge in [0.1, 0.15) is 0 Å². The molecule has 12 heteroatoms. The lowest BCUT2D eigenvalue weighted by molar-refractivity contribution is 0.366. The van der Waals surface area contributed by atoms with Gasteiger partial charge >= 0.3 is 0 Å². The summed E-state index contributed by atoms with van der Waals surface area (Å²) in [6.07, 6.45) is 0.765. The molecule has 0 aliphatic rings. The summed E-state index contributed by atoms with van der Waals surface area (Å²) >= 11 is 5.30. The first-order valence-electron chi connectivity index (χ1n) is 10.1. The number of thiocarbonyl (C=S) groups is 1. The molecule has 0 amide bonds. The van der Waals surface area contributed by atoms with E-state index in [1.807, 2.05) is 24.6 Å². The fraction of sp³-hybridized carbons (Fsp3) is 0.381. The zero-order valence-electron chi connectivity index (χ0n) is 18.5. The van der Waals surface area contributed by atoms with E-state index in [1.165, 1.54) is 0 Å². The highest BCUT2D eigenvalue weighted by molar-refractivity contribution is 7.80. The third-order valence-corrected chi connectivity index (χ3v) is 5.41. The maximum atomic E-state index is 14.0. The summed E-state index contributed by atoms with van der Waals surface area (Å²) in [6, 6.07) is 2.00. The number of nitrogens with zero attached hydrogens (tertiary/aromatic N) is 4. The molecule has 3 aromatic rings. The Kier molecular flexibility index (Phi) is 7.35. The normalized spacial score (nSPS) is 11.2. The highest BCUT2D eigenvalue weighted by atomic mass is 32.1. The molecular weight excluding hydrogens is 463 g/mol. The van der Waals surface area contributed by atoms with Crippen LogP contribution < -0.4 is 10.6 Å². The number of hydrogen-bond donors (Lipinski definition) is 2. The number of aryl methyl sites for hydroxylation is 4. The van der Waals surface area contributed by atoms with Crippen molar-refractivity contribution in [3.8, 4) is 0 Å². The monoisotopic (exact) mass is 486 g/mol. The van der Waals surface area contributed by atoms with E-state index in [0.717, 1.165) is 22.5 Å². The van der Waals surface area contributed by atoms with Crippen LogP contribution in [0.5, 0.6) is 0 Å². The van der Waals surface area contributed by atoms with Crippen molar-refractivity contribution >= 4 is 23.0 Å². The molecular formula is C21H23F5N6S. The first kappa shape index (κ1) is 24.6. The number of hydrogen-bond acceptors (Lipinski definition) is 3. The Morgan fingerprint density at radius 1 is 0.909 bits per heavy atom. The second-order valence-corrected chi connectivity index (χ2v) is 8.04. The standard InChI is InChI=1S/C21H23F5N6S/c1-10-8-11(2)31(29-10)7-5-6-27-21(33)28-20-12(3)30-32(13(20)4)9-14-15(22)17(24)19(26)18(25)16(14)23/h8H,5-7,9H2,1-4H3,(H2,27,28,33). The number of halogens is 5. The largest absolute Gasteiger partial charge is 0.362 e. The zero-order valence-corrected chi connectivity index (χ0v) is 19.3. The topological polar surface area (TPSA) is 59.7 Å². The Morgan fingerprint density at radius 3 is 2.09 bits per heavy atom. The van der Waals surface area contributed by atoms with E-state index in [2.05, 4.69) is 20.8 Å². The molecule has 0 saturated heterocycles. The molecule has 2 heterocycles. The minimum Gasteiger partial charge on any atom is -0.362 e. The Labute approximate surface area is 192 Å². The molecule has 0 aliphatic carbocycles. The third-order valence-electron chi connectivity index (χ3n) is 5.16. The summed E-state index contributed by atoms with van der Waals surface area (Å²) < 4.78 is 71.5. The lowest BCUT2D eigenvalue weighted by atomic mass is 10.1. The third kappa shape index (κ3) is 5.15. The highest BCUT2D eigenvalue weighted by Crippen LogP contribution is 2.26. The van der Waals surface area contributed by atoms with Gasteiger partial charge in [-0.2, -0.15) is 10.2 Å². The fourth-order valence-corrected chi connectivity index (χ4v) is 3.66. The van der Waals surface area contributed by atoms with Gasteiger partial charge in [0.2, 0.25) is 5.82 Å². The molecule has 178 valence electrons. The van der Waals surface area contributed by atoms with Crippen LogP contribution in [-0.4, -0.2) is 31.2 Å². The van der Waals surface area contributed by atoms with E-state index < -0.39 is 41.2 Å². The summed E-state index contributed by atoms with van der Waals surface area (Å²) in [5, 5.41) is 14.9. The molecule has 0 unspecified atom stereocenters. The van der Waals surface area contributed by atoms with Crippen molar-refractivity contribution in [3.05, 3.63) is 63.5 Å². The Balaban J connectivity index is 1.65. The fourth-order valence-electron chi connectivity index (χ4n) is 3.46. The average Bonchev–Trinajstić information content (AvgIpc) is 3.23. The second kappa shape index (κ2) is 9.86. The van der Waals surface area contributed by atoms with Gasteiger partial charge in [-0.25, -0.2) is 22.0 Å². The van der Waals surface area contributed by atoms with Crippen molar-refractivity contribution in [1.29, 1.82) is 0 Å². The predicted molar refractivity (Wildman–Crippen MR) is 118 cm³/mol. The van der Waals surface area contributed by atoms with Gasteiger partial charge in [0.25, 0.3) is 0 Å². The van der Waals surface area contributed by atoms with Gasteiger partial charge in [-0.3, -0.25) is 9.36 Å². The Morgan fingerprint density at radius 2 is 1.52 bits per heavy atom. The predicted octanol–water partition coefficient (Wildman–Crippen LogP) is 4.43. The van der Waals surface area contributed by atoms with E-state index in [1.54, 1.807) is 13.8 Å². The maximum absolute atomic E-state index is 14.0. The molecule has 33 heavy (non-hydrogen) atoms. The summed E-state index contributed by atoms with van der Waals surface area (Å²) in [5.41, 5.74) is 2.40. The molecule has 6 nitrogen and oxygen atoms in total. The molecule has 0 saturated carbocycles. The smallest absolute Gasteiger partial charge is 0.200 e. The van der Waals surface area contributed by atoms with Crippen LogP contribution in [0.1, 0.15) is 34.8 Å². The van der Waals surface area contributed by atoms with Crippen LogP contribution in [0.3, 0.4) is 0 Å². The summed E-state index contributed by atoms with van der Waals surface area (Å²) in [6.45, 7) is 7.79. The summed E-state index contributed by atoms with van der Waals surface area (Å²) in [7, 11) is 0. The summed E-state index contributed by atoms with van der Waals surface area (Å²) in [5.74, 6) is -9.94. The van der Waals surface area contributed by atoms with Crippen molar-refractivity contribution in [2.24, 2.45) is 0 Å². The van der Waals surface area contributed by atoms with Gasteiger partial charge in [0, 0.05) is 18.8 Å². The maximum Gasteiger partial charge on any atom is 0.200 e. The van der Waals surface area contributed by atoms with Crippen LogP contribution in [0.25, 0.3) is 0 Å². The van der Waals surface area contributed by atoms with Crippen LogP contribution in [-0.2, 0) is 13.1 Å². The van der Waals surface area contributed by atoms with E-state index >= 15 is 0 Å². The number of aromatic nitrogens is 4. The van der Waals surface area contributed by atoms with Crippen molar-refractivity contribution < 1.29 is 22.0 Å². The van der Waals surface area contributed by atoms with Crippen molar-refractivity contribution in [3.63, 3.8) is 0 Å². The number of benzene rings is 1. The molecule has 2 N–H and O–H groups in total. The van der Waals surface area contributed by atoms with Gasteiger partial charge < -0.3 is 10.6 Å². The zero-order chi connectivity index (χ0) is 24.4. The van der Waals surface area contributed by atoms with Gasteiger partial charge in [0.15, 0.2) is 28.4 Å².